The summed E-state index contributed by atoms with van der Waals surface area (Å²) in [4.78, 5) is 24.7. The van der Waals surface area contributed by atoms with E-state index in [-0.39, 0.29) is 17.5 Å². The highest BCUT2D eigenvalue weighted by Gasteiger charge is 2.15. The van der Waals surface area contributed by atoms with E-state index in [0.29, 0.717) is 28.4 Å². The Labute approximate surface area is 202 Å². The Morgan fingerprint density at radius 1 is 0.686 bits per heavy atom. The maximum Gasteiger partial charge on any atom is 0.323 e. The van der Waals surface area contributed by atoms with Gasteiger partial charge < -0.3 is 20.4 Å². The molecule has 0 unspecified atom stereocenters. The second-order valence-electron chi connectivity index (χ2n) is 7.40. The molecule has 4 N–H and O–H groups in total. The molecule has 1 aromatic heterocycles. The first-order valence-corrected chi connectivity index (χ1v) is 12.0. The van der Waals surface area contributed by atoms with Crippen molar-refractivity contribution in [3.05, 3.63) is 109 Å². The molecule has 0 saturated heterocycles. The van der Waals surface area contributed by atoms with E-state index in [4.69, 9.17) is 4.42 Å². The molecule has 0 aliphatic carbocycles. The first kappa shape index (κ1) is 23.7. The van der Waals surface area contributed by atoms with Crippen LogP contribution in [0.25, 0.3) is 0 Å². The number of anilines is 3. The van der Waals surface area contributed by atoms with Crippen LogP contribution in [-0.2, 0) is 16.6 Å². The van der Waals surface area contributed by atoms with Gasteiger partial charge in [0.25, 0.3) is 5.91 Å². The number of amides is 3. The van der Waals surface area contributed by atoms with Crippen LogP contribution in [0.3, 0.4) is 0 Å². The topological polar surface area (TPSA) is 130 Å². The van der Waals surface area contributed by atoms with Crippen LogP contribution in [0, 0.1) is 0 Å². The van der Waals surface area contributed by atoms with Crippen LogP contribution in [0.2, 0.25) is 0 Å². The molecular weight excluding hydrogens is 468 g/mol. The molecule has 0 aliphatic heterocycles. The molecule has 3 aromatic carbocycles. The summed E-state index contributed by atoms with van der Waals surface area (Å²) in [5.74, 6) is 0.0858. The molecule has 0 saturated carbocycles. The molecule has 35 heavy (non-hydrogen) atoms. The van der Waals surface area contributed by atoms with Gasteiger partial charge in [0.05, 0.1) is 17.7 Å². The Morgan fingerprint density at radius 3 is 1.89 bits per heavy atom. The summed E-state index contributed by atoms with van der Waals surface area (Å²) in [6, 6.07) is 24.2. The van der Waals surface area contributed by atoms with Crippen LogP contribution in [0.1, 0.15) is 16.1 Å². The van der Waals surface area contributed by atoms with Crippen molar-refractivity contribution in [1.29, 1.82) is 0 Å². The number of hydrogen-bond acceptors (Lipinski definition) is 5. The van der Waals surface area contributed by atoms with Crippen LogP contribution in [0.5, 0.6) is 0 Å². The molecule has 4 rings (SSSR count). The number of urea groups is 1. The van der Waals surface area contributed by atoms with Gasteiger partial charge >= 0.3 is 6.03 Å². The predicted octanol–water partition coefficient (Wildman–Crippen LogP) is 4.65. The number of carbonyl (C=O) groups is 2. The van der Waals surface area contributed by atoms with E-state index in [0.717, 1.165) is 0 Å². The fourth-order valence-electron chi connectivity index (χ4n) is 3.10. The van der Waals surface area contributed by atoms with Crippen molar-refractivity contribution in [3.8, 4) is 0 Å². The van der Waals surface area contributed by atoms with Crippen molar-refractivity contribution < 1.29 is 22.4 Å². The quantitative estimate of drug-likeness (QED) is 0.286. The van der Waals surface area contributed by atoms with Gasteiger partial charge in [0.1, 0.15) is 5.76 Å². The minimum atomic E-state index is -3.75. The molecule has 0 atom stereocenters. The van der Waals surface area contributed by atoms with Crippen molar-refractivity contribution in [2.75, 3.05) is 16.0 Å². The molecule has 3 amide bonds. The molecule has 0 aliphatic rings. The lowest BCUT2D eigenvalue weighted by molar-refractivity contribution is 0.102. The summed E-state index contributed by atoms with van der Waals surface area (Å²) in [6.45, 7) is 0.0241. The Balaban J connectivity index is 1.31. The van der Waals surface area contributed by atoms with E-state index in [1.807, 2.05) is 18.2 Å². The van der Waals surface area contributed by atoms with Gasteiger partial charge in [0.15, 0.2) is 0 Å². The van der Waals surface area contributed by atoms with Crippen LogP contribution in [0.4, 0.5) is 21.9 Å². The Bertz CT molecular complexity index is 1390. The number of nitrogens with one attached hydrogen (secondary N) is 4. The fourth-order valence-corrected chi connectivity index (χ4v) is 4.10. The molecule has 4 aromatic rings. The summed E-state index contributed by atoms with van der Waals surface area (Å²) in [5.41, 5.74) is 2.02. The predicted molar refractivity (Wildman–Crippen MR) is 133 cm³/mol. The van der Waals surface area contributed by atoms with Crippen molar-refractivity contribution >= 4 is 39.0 Å². The van der Waals surface area contributed by atoms with E-state index in [1.54, 1.807) is 48.5 Å². The number of furan rings is 1. The summed E-state index contributed by atoms with van der Waals surface area (Å²) in [6.07, 6.45) is 1.46. The Kier molecular flexibility index (Phi) is 7.24. The highest BCUT2D eigenvalue weighted by molar-refractivity contribution is 7.89. The lowest BCUT2D eigenvalue weighted by Crippen LogP contribution is -2.23. The lowest BCUT2D eigenvalue weighted by atomic mass is 10.2. The summed E-state index contributed by atoms with van der Waals surface area (Å²) in [5, 5.41) is 8.16. The maximum atomic E-state index is 12.6. The number of para-hydroxylation sites is 1. The van der Waals surface area contributed by atoms with E-state index in [9.17, 15) is 18.0 Å². The highest BCUT2D eigenvalue weighted by Crippen LogP contribution is 2.17. The molecule has 178 valence electrons. The zero-order chi connectivity index (χ0) is 24.7. The highest BCUT2D eigenvalue weighted by atomic mass is 32.2. The Morgan fingerprint density at radius 2 is 1.29 bits per heavy atom. The number of hydrogen-bond donors (Lipinski definition) is 4. The van der Waals surface area contributed by atoms with Crippen molar-refractivity contribution in [2.45, 2.75) is 11.4 Å². The van der Waals surface area contributed by atoms with Gasteiger partial charge in [-0.15, -0.1) is 0 Å². The zero-order valence-electron chi connectivity index (χ0n) is 18.4. The Hall–Kier alpha value is -4.41. The van der Waals surface area contributed by atoms with Gasteiger partial charge in [-0.3, -0.25) is 4.79 Å². The van der Waals surface area contributed by atoms with Gasteiger partial charge in [0, 0.05) is 22.6 Å². The molecule has 9 nitrogen and oxygen atoms in total. The van der Waals surface area contributed by atoms with Crippen molar-refractivity contribution in [2.24, 2.45) is 0 Å². The summed E-state index contributed by atoms with van der Waals surface area (Å²) in [7, 11) is -3.75. The zero-order valence-corrected chi connectivity index (χ0v) is 19.2. The van der Waals surface area contributed by atoms with Gasteiger partial charge in [-0.2, -0.15) is 0 Å². The third-order valence-corrected chi connectivity index (χ3v) is 6.29. The monoisotopic (exact) mass is 490 g/mol. The molecule has 0 fully saturated rings. The van der Waals surface area contributed by atoms with Crippen LogP contribution < -0.4 is 20.7 Å². The minimum Gasteiger partial charge on any atom is -0.468 e. The summed E-state index contributed by atoms with van der Waals surface area (Å²) >= 11 is 0. The van der Waals surface area contributed by atoms with Gasteiger partial charge in [-0.05, 0) is 72.8 Å². The van der Waals surface area contributed by atoms with Crippen LogP contribution in [0.15, 0.2) is 107 Å². The first-order valence-electron chi connectivity index (χ1n) is 10.6. The third kappa shape index (κ3) is 6.56. The maximum absolute atomic E-state index is 12.6. The second kappa shape index (κ2) is 10.7. The lowest BCUT2D eigenvalue weighted by Gasteiger charge is -2.10. The van der Waals surface area contributed by atoms with E-state index >= 15 is 0 Å². The number of sulfonamides is 1. The number of rotatable bonds is 8. The van der Waals surface area contributed by atoms with Crippen LogP contribution in [-0.4, -0.2) is 20.4 Å². The van der Waals surface area contributed by atoms with Crippen LogP contribution >= 0.6 is 0 Å². The van der Waals surface area contributed by atoms with Crippen molar-refractivity contribution in [1.82, 2.24) is 4.72 Å². The normalized spacial score (nSPS) is 11.0. The summed E-state index contributed by atoms with van der Waals surface area (Å²) < 4.78 is 32.4. The molecule has 0 radical (unpaired) electrons. The third-order valence-electron chi connectivity index (χ3n) is 4.88. The van der Waals surface area contributed by atoms with E-state index < -0.39 is 15.9 Å². The first-order chi connectivity index (χ1) is 16.9. The minimum absolute atomic E-state index is 0.0241. The largest absolute Gasteiger partial charge is 0.468 e. The molecular formula is C25H22N4O5S. The second-order valence-corrected chi connectivity index (χ2v) is 9.17. The molecule has 0 bridgehead atoms. The molecule has 10 heteroatoms. The van der Waals surface area contributed by atoms with Gasteiger partial charge in [-0.1, -0.05) is 18.2 Å². The molecule has 0 spiro atoms. The fraction of sp³-hybridized carbons (Fsp3) is 0.0400. The number of carbonyl (C=O) groups excluding carboxylic acids is 2. The van der Waals surface area contributed by atoms with Gasteiger partial charge in [-0.25, -0.2) is 17.9 Å². The average Bonchev–Trinajstić information content (AvgIpc) is 3.39. The van der Waals surface area contributed by atoms with E-state index in [1.165, 1.54) is 30.5 Å². The van der Waals surface area contributed by atoms with E-state index in [2.05, 4.69) is 20.7 Å². The number of benzene rings is 3. The van der Waals surface area contributed by atoms with Crippen molar-refractivity contribution in [3.63, 3.8) is 0 Å². The van der Waals surface area contributed by atoms with Gasteiger partial charge in [0.2, 0.25) is 10.0 Å². The smallest absolute Gasteiger partial charge is 0.323 e. The molecule has 1 heterocycles. The average molecular weight is 491 g/mol. The SMILES string of the molecule is O=C(Nc1ccccc1)Nc1ccc(NC(=O)c2ccc(S(=O)(=O)NCc3ccco3)cc2)cc1. The standard InChI is InChI=1S/C25H22N4O5S/c30-24(18-8-14-23(15-9-18)35(32,33)26-17-22-7-4-16-34-22)27-20-10-12-21(13-11-20)29-25(31)28-19-5-2-1-3-6-19/h1-16,26H,17H2,(H,27,30)(H2,28,29,31).